The van der Waals surface area contributed by atoms with E-state index in [1.165, 1.54) is 0 Å². The van der Waals surface area contributed by atoms with Gasteiger partial charge in [-0.25, -0.2) is 9.97 Å². The third kappa shape index (κ3) is 3.86. The Morgan fingerprint density at radius 3 is 2.81 bits per heavy atom. The number of aromatic nitrogens is 3. The Bertz CT molecular complexity index is 974. The van der Waals surface area contributed by atoms with Crippen LogP contribution in [0.4, 0.5) is 5.82 Å². The van der Waals surface area contributed by atoms with Crippen LogP contribution in [0.25, 0.3) is 22.3 Å². The lowest BCUT2D eigenvalue weighted by Crippen LogP contribution is -2.08. The number of anilines is 1. The average Bonchev–Trinajstić information content (AvgIpc) is 3.21. The summed E-state index contributed by atoms with van der Waals surface area (Å²) in [5.41, 5.74) is 1.83. The Labute approximate surface area is 155 Å². The maximum atomic E-state index is 5.35. The number of thioether (sulfide) groups is 1. The zero-order valence-electron chi connectivity index (χ0n) is 14.1. The molecule has 0 radical (unpaired) electrons. The second-order valence-electron chi connectivity index (χ2n) is 5.71. The first-order valence-corrected chi connectivity index (χ1v) is 9.57. The van der Waals surface area contributed by atoms with Gasteiger partial charge in [0.1, 0.15) is 11.6 Å². The number of furan rings is 1. The quantitative estimate of drug-likeness (QED) is 0.484. The van der Waals surface area contributed by atoms with Gasteiger partial charge >= 0.3 is 0 Å². The number of pyridine rings is 1. The second-order valence-corrected chi connectivity index (χ2v) is 6.82. The fourth-order valence-electron chi connectivity index (χ4n) is 2.64. The lowest BCUT2D eigenvalue weighted by molar-refractivity contribution is 0.530. The fourth-order valence-corrected chi connectivity index (χ4v) is 3.40. The van der Waals surface area contributed by atoms with Crippen molar-refractivity contribution in [2.75, 3.05) is 17.6 Å². The summed E-state index contributed by atoms with van der Waals surface area (Å²) in [5.74, 6) is 4.37. The first kappa shape index (κ1) is 16.6. The van der Waals surface area contributed by atoms with Crippen molar-refractivity contribution >= 4 is 28.5 Å². The molecule has 0 aliphatic rings. The molecule has 0 saturated carbocycles. The van der Waals surface area contributed by atoms with E-state index in [1.807, 2.05) is 60.3 Å². The van der Waals surface area contributed by atoms with Crippen LogP contribution in [0, 0.1) is 0 Å². The van der Waals surface area contributed by atoms with E-state index >= 15 is 0 Å². The van der Waals surface area contributed by atoms with Gasteiger partial charge in [0.2, 0.25) is 0 Å². The van der Waals surface area contributed by atoms with Crippen molar-refractivity contribution in [3.8, 4) is 11.4 Å². The van der Waals surface area contributed by atoms with Crippen molar-refractivity contribution in [1.29, 1.82) is 0 Å². The molecule has 0 aliphatic heterocycles. The normalized spacial score (nSPS) is 10.9. The Morgan fingerprint density at radius 2 is 1.96 bits per heavy atom. The minimum atomic E-state index is 0.683. The maximum absolute atomic E-state index is 5.35. The molecule has 1 aromatic carbocycles. The number of benzene rings is 1. The maximum Gasteiger partial charge on any atom is 0.163 e. The van der Waals surface area contributed by atoms with Crippen LogP contribution in [-0.2, 0) is 5.75 Å². The molecule has 5 nitrogen and oxygen atoms in total. The number of hydrogen-bond acceptors (Lipinski definition) is 6. The van der Waals surface area contributed by atoms with E-state index in [2.05, 4.69) is 15.3 Å². The van der Waals surface area contributed by atoms with E-state index in [0.29, 0.717) is 5.82 Å². The molecule has 130 valence electrons. The van der Waals surface area contributed by atoms with Crippen molar-refractivity contribution in [3.05, 3.63) is 72.9 Å². The minimum Gasteiger partial charge on any atom is -0.468 e. The molecule has 3 heterocycles. The lowest BCUT2D eigenvalue weighted by Gasteiger charge is -2.10. The number of hydrogen-bond donors (Lipinski definition) is 1. The molecule has 26 heavy (non-hydrogen) atoms. The Hall–Kier alpha value is -2.86. The average molecular weight is 362 g/mol. The first-order chi connectivity index (χ1) is 12.9. The Morgan fingerprint density at radius 1 is 1.00 bits per heavy atom. The topological polar surface area (TPSA) is 63.8 Å². The van der Waals surface area contributed by atoms with Crippen LogP contribution in [0.5, 0.6) is 0 Å². The monoisotopic (exact) mass is 362 g/mol. The first-order valence-electron chi connectivity index (χ1n) is 8.41. The molecular weight excluding hydrogens is 344 g/mol. The number of para-hydroxylation sites is 1. The summed E-state index contributed by atoms with van der Waals surface area (Å²) >= 11 is 1.83. The van der Waals surface area contributed by atoms with Crippen LogP contribution < -0.4 is 5.32 Å². The van der Waals surface area contributed by atoms with Crippen molar-refractivity contribution in [2.24, 2.45) is 0 Å². The smallest absolute Gasteiger partial charge is 0.163 e. The molecule has 3 aromatic heterocycles. The molecule has 0 bridgehead atoms. The van der Waals surface area contributed by atoms with Gasteiger partial charge in [0.05, 0.1) is 17.5 Å². The largest absolute Gasteiger partial charge is 0.468 e. The summed E-state index contributed by atoms with van der Waals surface area (Å²) in [4.78, 5) is 13.6. The number of fused-ring (bicyclic) bond motifs is 1. The zero-order valence-corrected chi connectivity index (χ0v) is 14.9. The van der Waals surface area contributed by atoms with Gasteiger partial charge in [-0.15, -0.1) is 0 Å². The van der Waals surface area contributed by atoms with Crippen LogP contribution in [0.3, 0.4) is 0 Å². The molecule has 6 heteroatoms. The van der Waals surface area contributed by atoms with Crippen LogP contribution in [0.2, 0.25) is 0 Å². The summed E-state index contributed by atoms with van der Waals surface area (Å²) in [6.45, 7) is 0.818. The molecule has 0 saturated heterocycles. The van der Waals surface area contributed by atoms with Gasteiger partial charge in [0.15, 0.2) is 5.82 Å². The highest BCUT2D eigenvalue weighted by molar-refractivity contribution is 7.98. The van der Waals surface area contributed by atoms with E-state index in [1.54, 1.807) is 18.7 Å². The van der Waals surface area contributed by atoms with E-state index in [4.69, 9.17) is 9.40 Å². The van der Waals surface area contributed by atoms with E-state index in [0.717, 1.165) is 46.1 Å². The fraction of sp³-hybridized carbons (Fsp3) is 0.150. The molecule has 4 aromatic rings. The van der Waals surface area contributed by atoms with Gasteiger partial charge in [-0.05, 0) is 36.4 Å². The number of nitrogens with one attached hydrogen (secondary N) is 1. The van der Waals surface area contributed by atoms with Crippen LogP contribution in [0.15, 0.2) is 71.6 Å². The third-order valence-electron chi connectivity index (χ3n) is 3.89. The SMILES string of the molecule is c1cncc(-c2nc(NCCSCc3ccco3)c3ccccc3n2)c1. The molecule has 4 rings (SSSR count). The van der Waals surface area contributed by atoms with E-state index in [-0.39, 0.29) is 0 Å². The molecular formula is C20H18N4OS. The van der Waals surface area contributed by atoms with Crippen molar-refractivity contribution in [3.63, 3.8) is 0 Å². The van der Waals surface area contributed by atoms with Crippen LogP contribution >= 0.6 is 11.8 Å². The summed E-state index contributed by atoms with van der Waals surface area (Å²) in [7, 11) is 0. The third-order valence-corrected chi connectivity index (χ3v) is 4.87. The predicted molar refractivity (Wildman–Crippen MR) is 106 cm³/mol. The predicted octanol–water partition coefficient (Wildman–Crippen LogP) is 4.63. The van der Waals surface area contributed by atoms with Gasteiger partial charge in [-0.1, -0.05) is 12.1 Å². The highest BCUT2D eigenvalue weighted by Crippen LogP contribution is 2.24. The zero-order chi connectivity index (χ0) is 17.6. The highest BCUT2D eigenvalue weighted by Gasteiger charge is 2.09. The van der Waals surface area contributed by atoms with Crippen molar-refractivity contribution in [2.45, 2.75) is 5.75 Å². The molecule has 1 N–H and O–H groups in total. The molecule has 0 aliphatic carbocycles. The molecule has 0 atom stereocenters. The lowest BCUT2D eigenvalue weighted by atomic mass is 10.2. The van der Waals surface area contributed by atoms with E-state index in [9.17, 15) is 0 Å². The standard InChI is InChI=1S/C20H18N4OS/c1-2-8-18-17(7-1)20(22-10-12-26-14-16-6-4-11-25-16)24-19(23-18)15-5-3-9-21-13-15/h1-9,11,13H,10,12,14H2,(H,22,23,24). The van der Waals surface area contributed by atoms with Gasteiger partial charge in [-0.3, -0.25) is 4.98 Å². The summed E-state index contributed by atoms with van der Waals surface area (Å²) in [5, 5.41) is 4.48. The highest BCUT2D eigenvalue weighted by atomic mass is 32.2. The molecule has 0 fully saturated rings. The Balaban J connectivity index is 1.49. The van der Waals surface area contributed by atoms with Gasteiger partial charge < -0.3 is 9.73 Å². The van der Waals surface area contributed by atoms with Crippen LogP contribution in [-0.4, -0.2) is 27.2 Å². The minimum absolute atomic E-state index is 0.683. The second kappa shape index (κ2) is 8.01. The van der Waals surface area contributed by atoms with Crippen molar-refractivity contribution in [1.82, 2.24) is 15.0 Å². The van der Waals surface area contributed by atoms with Crippen LogP contribution in [0.1, 0.15) is 5.76 Å². The summed E-state index contributed by atoms with van der Waals surface area (Å²) in [6, 6.07) is 15.8. The number of nitrogens with zero attached hydrogens (tertiary/aromatic N) is 3. The van der Waals surface area contributed by atoms with Gasteiger partial charge in [-0.2, -0.15) is 11.8 Å². The molecule has 0 amide bonds. The summed E-state index contributed by atoms with van der Waals surface area (Å²) < 4.78 is 5.35. The van der Waals surface area contributed by atoms with E-state index < -0.39 is 0 Å². The number of rotatable bonds is 7. The van der Waals surface area contributed by atoms with Gasteiger partial charge in [0, 0.05) is 35.6 Å². The molecule has 0 unspecified atom stereocenters. The van der Waals surface area contributed by atoms with Gasteiger partial charge in [0.25, 0.3) is 0 Å². The molecule has 0 spiro atoms. The Kier molecular flexibility index (Phi) is 5.12. The summed E-state index contributed by atoms with van der Waals surface area (Å²) in [6.07, 6.45) is 5.24. The van der Waals surface area contributed by atoms with Crippen molar-refractivity contribution < 1.29 is 4.42 Å².